The van der Waals surface area contributed by atoms with E-state index in [0.29, 0.717) is 12.8 Å². The summed E-state index contributed by atoms with van der Waals surface area (Å²) < 4.78 is 79.3. The number of amides is 3. The molecule has 5 atom stereocenters. The number of aromatic nitrogens is 1. The number of alkyl carbamates (subject to hydrolysis) is 1. The fourth-order valence-electron chi connectivity index (χ4n) is 5.71. The van der Waals surface area contributed by atoms with Crippen LogP contribution >= 0.6 is 11.3 Å². The molecule has 1 aliphatic heterocycles. The zero-order valence-electron chi connectivity index (χ0n) is 29.3. The molecule has 1 aromatic heterocycles. The van der Waals surface area contributed by atoms with Crippen LogP contribution in [0.4, 0.5) is 26.7 Å². The van der Waals surface area contributed by atoms with Crippen LogP contribution in [0.15, 0.2) is 5.38 Å². The number of carbonyl (C=O) groups is 4. The number of thiazole rings is 1. The molecule has 1 saturated heterocycles. The molecule has 0 aliphatic carbocycles. The number of halogens is 5. The van der Waals surface area contributed by atoms with Gasteiger partial charge in [0.2, 0.25) is 46.6 Å². The van der Waals surface area contributed by atoms with E-state index in [1.807, 2.05) is 46.6 Å². The fraction of sp³-hybridized carbons (Fsp3) is 0.606. The molecule has 0 spiro atoms. The monoisotopic (exact) mass is 733 g/mol. The molecule has 0 bridgehead atoms. The van der Waals surface area contributed by atoms with Crippen molar-refractivity contribution in [2.24, 2.45) is 11.8 Å². The van der Waals surface area contributed by atoms with Gasteiger partial charge in [-0.15, -0.1) is 11.3 Å². The Bertz CT molecular complexity index is 1550. The molecule has 0 unspecified atom stereocenters. The van der Waals surface area contributed by atoms with E-state index in [0.717, 1.165) is 29.7 Å². The molecule has 1 aliphatic rings. The molecule has 1 aromatic carbocycles. The lowest BCUT2D eigenvalue weighted by Crippen LogP contribution is -2.60. The van der Waals surface area contributed by atoms with Gasteiger partial charge in [0.15, 0.2) is 11.8 Å². The van der Waals surface area contributed by atoms with Gasteiger partial charge in [-0.1, -0.05) is 34.1 Å². The molecule has 0 radical (unpaired) electrons. The molecule has 278 valence electrons. The molecule has 1 fully saturated rings. The second-order valence-corrected chi connectivity index (χ2v) is 13.8. The van der Waals surface area contributed by atoms with Crippen molar-refractivity contribution in [1.29, 1.82) is 0 Å². The van der Waals surface area contributed by atoms with Crippen LogP contribution in [0.25, 0.3) is 0 Å². The smallest absolute Gasteiger partial charge is 0.407 e. The lowest BCUT2D eigenvalue weighted by atomic mass is 9.91. The van der Waals surface area contributed by atoms with E-state index in [1.165, 1.54) is 4.90 Å². The quantitative estimate of drug-likeness (QED) is 0.0828. The minimum absolute atomic E-state index is 0.0242. The molecule has 3 amide bonds. The first-order valence-corrected chi connectivity index (χ1v) is 17.2. The molecule has 0 saturated carbocycles. The van der Waals surface area contributed by atoms with Crippen molar-refractivity contribution in [2.45, 2.75) is 91.0 Å². The maximum absolute atomic E-state index is 14.2. The Hall–Kier alpha value is -3.86. The van der Waals surface area contributed by atoms with Crippen LogP contribution < -0.4 is 15.4 Å². The highest BCUT2D eigenvalue weighted by atomic mass is 32.1. The van der Waals surface area contributed by atoms with E-state index in [2.05, 4.69) is 20.4 Å². The van der Waals surface area contributed by atoms with Crippen LogP contribution in [-0.2, 0) is 14.3 Å². The third kappa shape index (κ3) is 8.71. The van der Waals surface area contributed by atoms with Crippen molar-refractivity contribution in [3.8, 4) is 5.75 Å². The van der Waals surface area contributed by atoms with Gasteiger partial charge >= 0.3 is 12.1 Å². The Kier molecular flexibility index (Phi) is 13.7. The molecule has 2 aromatic rings. The molecule has 50 heavy (non-hydrogen) atoms. The van der Waals surface area contributed by atoms with Gasteiger partial charge in [-0.05, 0) is 52.1 Å². The summed E-state index contributed by atoms with van der Waals surface area (Å²) in [4.78, 5) is 60.5. The highest BCUT2D eigenvalue weighted by molar-refractivity contribution is 7.09. The lowest BCUT2D eigenvalue weighted by molar-refractivity contribution is -0.142. The zero-order valence-corrected chi connectivity index (χ0v) is 30.1. The summed E-state index contributed by atoms with van der Waals surface area (Å²) in [7, 11) is 3.45. The topological polar surface area (TPSA) is 130 Å². The number of likely N-dealkylation sites (N-methyl/N-ethyl adjacent to an activating group) is 2. The molecular weight excluding hydrogens is 689 g/mol. The largest absolute Gasteiger partial charge is 0.439 e. The Morgan fingerprint density at radius 1 is 1.04 bits per heavy atom. The fourth-order valence-corrected chi connectivity index (χ4v) is 6.54. The number of carbonyl (C=O) groups excluding carboxylic acids is 4. The third-order valence-electron chi connectivity index (χ3n) is 9.27. The summed E-state index contributed by atoms with van der Waals surface area (Å²) in [6, 6.07) is -1.47. The van der Waals surface area contributed by atoms with Crippen LogP contribution in [0.1, 0.15) is 88.8 Å². The third-order valence-corrected chi connectivity index (χ3v) is 10.2. The summed E-state index contributed by atoms with van der Waals surface area (Å²) in [6.07, 6.45) is 0.0392. The number of ether oxygens (including phenoxy) is 2. The van der Waals surface area contributed by atoms with Crippen molar-refractivity contribution < 1.29 is 50.6 Å². The van der Waals surface area contributed by atoms with Gasteiger partial charge in [0.1, 0.15) is 11.0 Å². The van der Waals surface area contributed by atoms with E-state index in [9.17, 15) is 41.1 Å². The Labute approximate surface area is 291 Å². The Morgan fingerprint density at radius 3 is 2.16 bits per heavy atom. The molecule has 2 heterocycles. The molecule has 17 heteroatoms. The number of nitrogens with zero attached hydrogens (tertiary/aromatic N) is 3. The van der Waals surface area contributed by atoms with Crippen LogP contribution in [0.5, 0.6) is 5.75 Å². The first-order valence-electron chi connectivity index (χ1n) is 16.3. The normalized spacial score (nSPS) is 18.7. The highest BCUT2D eigenvalue weighted by Crippen LogP contribution is 2.33. The number of nitrogens with one attached hydrogen (secondary N) is 2. The van der Waals surface area contributed by atoms with Gasteiger partial charge < -0.3 is 25.0 Å². The minimum Gasteiger partial charge on any atom is -0.439 e. The summed E-state index contributed by atoms with van der Waals surface area (Å²) in [6.45, 7) is 11.9. The lowest BCUT2D eigenvalue weighted by Gasteiger charge is -2.38. The van der Waals surface area contributed by atoms with E-state index in [1.54, 1.807) is 14.0 Å². The standard InChI is InChI=1S/C33H44F5N5O6S/c1-9-17(5)26(41-31(46)33(6)12-11-13-42(33)7)29(44)43(8)19(16(3)4)14-20(48-32(47)39-10-2)28-40-18(15-50-28)30(45)49-27-24(37)22(35)21(34)23(36)25(27)38/h15-17,19-20,26H,9-14H2,1-8H3,(H,39,47)(H,41,46)/t17-,19+,20+,26-,33+/m0/s1. The van der Waals surface area contributed by atoms with Gasteiger partial charge in [-0.2, -0.15) is 8.78 Å². The molecule has 3 rings (SSSR count). The van der Waals surface area contributed by atoms with Crippen LogP contribution in [0.2, 0.25) is 0 Å². The number of hydrogen-bond donors (Lipinski definition) is 2. The van der Waals surface area contributed by atoms with Crippen molar-refractivity contribution in [2.75, 3.05) is 27.2 Å². The van der Waals surface area contributed by atoms with Gasteiger partial charge in [-0.25, -0.2) is 27.7 Å². The summed E-state index contributed by atoms with van der Waals surface area (Å²) in [5.41, 5.74) is -1.33. The number of benzene rings is 1. The number of likely N-dealkylation sites (tertiary alicyclic amines) is 1. The maximum atomic E-state index is 14.2. The second kappa shape index (κ2) is 16.9. The maximum Gasteiger partial charge on any atom is 0.407 e. The molecule has 2 N–H and O–H groups in total. The second-order valence-electron chi connectivity index (χ2n) is 12.9. The van der Waals surface area contributed by atoms with Gasteiger partial charge in [0, 0.05) is 31.4 Å². The Balaban J connectivity index is 1.91. The predicted octanol–water partition coefficient (Wildman–Crippen LogP) is 5.73. The Morgan fingerprint density at radius 2 is 1.64 bits per heavy atom. The van der Waals surface area contributed by atoms with Gasteiger partial charge in [0.25, 0.3) is 0 Å². The van der Waals surface area contributed by atoms with Gasteiger partial charge in [-0.3, -0.25) is 14.5 Å². The minimum atomic E-state index is -2.42. The van der Waals surface area contributed by atoms with Crippen molar-refractivity contribution in [3.05, 3.63) is 45.2 Å². The molecule has 11 nitrogen and oxygen atoms in total. The van der Waals surface area contributed by atoms with Crippen molar-refractivity contribution in [1.82, 2.24) is 25.4 Å². The average Bonchev–Trinajstić information content (AvgIpc) is 3.71. The SMILES string of the molecule is CCNC(=O)O[C@H](C[C@H](C(C)C)N(C)C(=O)[C@@H](NC(=O)[C@@]1(C)CCCN1C)[C@@H](C)CC)c1nc(C(=O)Oc2c(F)c(F)c(F)c(F)c2F)cs1. The van der Waals surface area contributed by atoms with Crippen molar-refractivity contribution in [3.63, 3.8) is 0 Å². The van der Waals surface area contributed by atoms with E-state index in [4.69, 9.17) is 4.74 Å². The van der Waals surface area contributed by atoms with Crippen LogP contribution in [0, 0.1) is 40.9 Å². The van der Waals surface area contributed by atoms with Crippen molar-refractivity contribution >= 4 is 35.2 Å². The van der Waals surface area contributed by atoms with Gasteiger partial charge in [0.05, 0.1) is 5.54 Å². The van der Waals surface area contributed by atoms with Crippen LogP contribution in [-0.4, -0.2) is 83.5 Å². The summed E-state index contributed by atoms with van der Waals surface area (Å²) in [5, 5.41) is 6.61. The summed E-state index contributed by atoms with van der Waals surface area (Å²) >= 11 is 0.807. The highest BCUT2D eigenvalue weighted by Gasteiger charge is 2.44. The van der Waals surface area contributed by atoms with E-state index in [-0.39, 0.29) is 41.6 Å². The number of rotatable bonds is 14. The average molecular weight is 734 g/mol. The van der Waals surface area contributed by atoms with E-state index < -0.39 is 76.3 Å². The molecular formula is C33H44F5N5O6S. The van der Waals surface area contributed by atoms with E-state index >= 15 is 0 Å². The predicted molar refractivity (Wildman–Crippen MR) is 174 cm³/mol. The number of hydrogen-bond acceptors (Lipinski definition) is 9. The first-order chi connectivity index (χ1) is 23.4. The summed E-state index contributed by atoms with van der Waals surface area (Å²) in [5.74, 6) is -16.1. The zero-order chi connectivity index (χ0) is 37.7. The first kappa shape index (κ1) is 40.6. The van der Waals surface area contributed by atoms with Crippen LogP contribution in [0.3, 0.4) is 0 Å². The number of esters is 1.